The summed E-state index contributed by atoms with van der Waals surface area (Å²) < 4.78 is 0.867. The van der Waals surface area contributed by atoms with E-state index in [1.165, 1.54) is 4.90 Å². The SMILES string of the molecule is CCN1CC(C(=O)N(CC(=O)O)Cc2cccc(Br)c2)CC1=O. The molecule has 2 rings (SSSR count). The molecule has 0 spiro atoms. The van der Waals surface area contributed by atoms with Crippen LogP contribution in [-0.4, -0.2) is 52.3 Å². The van der Waals surface area contributed by atoms with Gasteiger partial charge in [-0.15, -0.1) is 0 Å². The molecule has 1 unspecified atom stereocenters. The van der Waals surface area contributed by atoms with Crippen LogP contribution in [0.2, 0.25) is 0 Å². The predicted molar refractivity (Wildman–Crippen MR) is 87.6 cm³/mol. The van der Waals surface area contributed by atoms with Gasteiger partial charge in [-0.1, -0.05) is 28.1 Å². The summed E-state index contributed by atoms with van der Waals surface area (Å²) in [6.07, 6.45) is 0.154. The number of hydrogen-bond acceptors (Lipinski definition) is 3. The van der Waals surface area contributed by atoms with E-state index in [0.29, 0.717) is 13.1 Å². The van der Waals surface area contributed by atoms with Crippen molar-refractivity contribution < 1.29 is 19.5 Å². The smallest absolute Gasteiger partial charge is 0.323 e. The first-order chi connectivity index (χ1) is 10.9. The summed E-state index contributed by atoms with van der Waals surface area (Å²) in [6.45, 7) is 2.63. The number of rotatable bonds is 6. The molecule has 0 aromatic heterocycles. The van der Waals surface area contributed by atoms with Crippen LogP contribution in [0.1, 0.15) is 18.9 Å². The van der Waals surface area contributed by atoms with Gasteiger partial charge in [-0.2, -0.15) is 0 Å². The molecule has 23 heavy (non-hydrogen) atoms. The molecule has 1 saturated heterocycles. The molecule has 1 aliphatic rings. The molecule has 1 N–H and O–H groups in total. The van der Waals surface area contributed by atoms with Crippen molar-refractivity contribution in [2.24, 2.45) is 5.92 Å². The van der Waals surface area contributed by atoms with Crippen LogP contribution >= 0.6 is 15.9 Å². The van der Waals surface area contributed by atoms with Gasteiger partial charge in [0.25, 0.3) is 0 Å². The van der Waals surface area contributed by atoms with Crippen molar-refractivity contribution in [1.29, 1.82) is 0 Å². The van der Waals surface area contributed by atoms with Crippen molar-refractivity contribution in [2.45, 2.75) is 19.9 Å². The molecule has 0 aliphatic carbocycles. The van der Waals surface area contributed by atoms with Gasteiger partial charge >= 0.3 is 5.97 Å². The molecule has 1 fully saturated rings. The molecule has 0 radical (unpaired) electrons. The summed E-state index contributed by atoms with van der Waals surface area (Å²) >= 11 is 3.36. The Morgan fingerprint density at radius 3 is 2.74 bits per heavy atom. The predicted octanol–water partition coefficient (Wildman–Crippen LogP) is 1.73. The quantitative estimate of drug-likeness (QED) is 0.812. The Morgan fingerprint density at radius 1 is 1.43 bits per heavy atom. The van der Waals surface area contributed by atoms with Gasteiger partial charge in [0, 0.05) is 30.5 Å². The maximum atomic E-state index is 12.6. The number of amides is 2. The summed E-state index contributed by atoms with van der Waals surface area (Å²) in [6, 6.07) is 7.38. The Morgan fingerprint density at radius 2 is 2.17 bits per heavy atom. The first-order valence-electron chi connectivity index (χ1n) is 7.43. The van der Waals surface area contributed by atoms with Crippen LogP contribution in [0.25, 0.3) is 0 Å². The summed E-state index contributed by atoms with van der Waals surface area (Å²) in [5.74, 6) is -1.86. The normalized spacial score (nSPS) is 17.4. The van der Waals surface area contributed by atoms with Gasteiger partial charge < -0.3 is 14.9 Å². The number of hydrogen-bond donors (Lipinski definition) is 1. The molecule has 1 atom stereocenters. The van der Waals surface area contributed by atoms with E-state index in [4.69, 9.17) is 5.11 Å². The second-order valence-corrected chi connectivity index (χ2v) is 6.47. The van der Waals surface area contributed by atoms with E-state index in [1.54, 1.807) is 4.90 Å². The fraction of sp³-hybridized carbons (Fsp3) is 0.438. The zero-order valence-corrected chi connectivity index (χ0v) is 14.5. The molecule has 2 amide bonds. The lowest BCUT2D eigenvalue weighted by Gasteiger charge is -2.24. The Labute approximate surface area is 143 Å². The van der Waals surface area contributed by atoms with Crippen LogP contribution in [0.15, 0.2) is 28.7 Å². The number of likely N-dealkylation sites (tertiary alicyclic amines) is 1. The number of aliphatic carboxylic acids is 1. The fourth-order valence-corrected chi connectivity index (χ4v) is 3.18. The van der Waals surface area contributed by atoms with Crippen LogP contribution in [-0.2, 0) is 20.9 Å². The minimum atomic E-state index is -1.06. The topological polar surface area (TPSA) is 77.9 Å². The van der Waals surface area contributed by atoms with Gasteiger partial charge in [-0.05, 0) is 24.6 Å². The monoisotopic (exact) mass is 382 g/mol. The van der Waals surface area contributed by atoms with Gasteiger partial charge in [-0.3, -0.25) is 14.4 Å². The molecule has 7 heteroatoms. The lowest BCUT2D eigenvalue weighted by molar-refractivity contribution is -0.146. The van der Waals surface area contributed by atoms with E-state index in [1.807, 2.05) is 31.2 Å². The average Bonchev–Trinajstić information content (AvgIpc) is 2.86. The highest BCUT2D eigenvalue weighted by atomic mass is 79.9. The van der Waals surface area contributed by atoms with Crippen LogP contribution in [0, 0.1) is 5.92 Å². The largest absolute Gasteiger partial charge is 0.480 e. The highest BCUT2D eigenvalue weighted by Crippen LogP contribution is 2.21. The van der Waals surface area contributed by atoms with Gasteiger partial charge in [-0.25, -0.2) is 0 Å². The number of carboxylic acid groups (broad SMARTS) is 1. The maximum absolute atomic E-state index is 12.6. The van der Waals surface area contributed by atoms with Crippen LogP contribution in [0.5, 0.6) is 0 Å². The summed E-state index contributed by atoms with van der Waals surface area (Å²) in [7, 11) is 0. The van der Waals surface area contributed by atoms with Gasteiger partial charge in [0.2, 0.25) is 11.8 Å². The number of halogens is 1. The molecular weight excluding hydrogens is 364 g/mol. The average molecular weight is 383 g/mol. The fourth-order valence-electron chi connectivity index (χ4n) is 2.73. The molecule has 1 heterocycles. The molecular formula is C16H19BrN2O4. The molecule has 0 bridgehead atoms. The van der Waals surface area contributed by atoms with E-state index in [2.05, 4.69) is 15.9 Å². The third-order valence-corrected chi connectivity index (χ3v) is 4.34. The van der Waals surface area contributed by atoms with Crippen molar-refractivity contribution in [3.05, 3.63) is 34.3 Å². The first kappa shape index (κ1) is 17.5. The third kappa shape index (κ3) is 4.54. The zero-order valence-electron chi connectivity index (χ0n) is 12.9. The minimum Gasteiger partial charge on any atom is -0.480 e. The Balaban J connectivity index is 2.13. The van der Waals surface area contributed by atoms with Crippen molar-refractivity contribution in [1.82, 2.24) is 9.80 Å². The third-order valence-electron chi connectivity index (χ3n) is 3.85. The van der Waals surface area contributed by atoms with Crippen molar-refractivity contribution in [3.8, 4) is 0 Å². The molecule has 124 valence electrons. The molecule has 6 nitrogen and oxygen atoms in total. The van der Waals surface area contributed by atoms with Crippen molar-refractivity contribution in [2.75, 3.05) is 19.6 Å². The Hall–Kier alpha value is -1.89. The number of carbonyl (C=O) groups excluding carboxylic acids is 2. The molecule has 1 aliphatic heterocycles. The standard InChI is InChI=1S/C16H19BrN2O4/c1-2-18-9-12(7-14(18)20)16(23)19(10-15(21)22)8-11-4-3-5-13(17)6-11/h3-6,12H,2,7-10H2,1H3,(H,21,22). The number of nitrogens with zero attached hydrogens (tertiary/aromatic N) is 2. The maximum Gasteiger partial charge on any atom is 0.323 e. The highest BCUT2D eigenvalue weighted by molar-refractivity contribution is 9.10. The van der Waals surface area contributed by atoms with Gasteiger partial charge in [0.1, 0.15) is 6.54 Å². The first-order valence-corrected chi connectivity index (χ1v) is 8.22. The van der Waals surface area contributed by atoms with E-state index < -0.39 is 11.9 Å². The van der Waals surface area contributed by atoms with Crippen LogP contribution in [0.4, 0.5) is 0 Å². The van der Waals surface area contributed by atoms with E-state index in [0.717, 1.165) is 10.0 Å². The van der Waals surface area contributed by atoms with Gasteiger partial charge in [0.05, 0.1) is 5.92 Å². The summed E-state index contributed by atoms with van der Waals surface area (Å²) in [5.41, 5.74) is 0.839. The van der Waals surface area contributed by atoms with Crippen molar-refractivity contribution >= 4 is 33.7 Å². The lowest BCUT2D eigenvalue weighted by Crippen LogP contribution is -2.40. The molecule has 0 saturated carbocycles. The second-order valence-electron chi connectivity index (χ2n) is 5.55. The van der Waals surface area contributed by atoms with Crippen LogP contribution < -0.4 is 0 Å². The van der Waals surface area contributed by atoms with E-state index in [-0.39, 0.29) is 31.3 Å². The minimum absolute atomic E-state index is 0.0522. The number of carboxylic acids is 1. The summed E-state index contributed by atoms with van der Waals surface area (Å²) in [4.78, 5) is 38.5. The summed E-state index contributed by atoms with van der Waals surface area (Å²) in [5, 5.41) is 9.08. The second kappa shape index (κ2) is 7.59. The molecule has 1 aromatic carbocycles. The van der Waals surface area contributed by atoms with Crippen molar-refractivity contribution in [3.63, 3.8) is 0 Å². The number of benzene rings is 1. The molecule has 1 aromatic rings. The van der Waals surface area contributed by atoms with Gasteiger partial charge in [0.15, 0.2) is 0 Å². The highest BCUT2D eigenvalue weighted by Gasteiger charge is 2.36. The lowest BCUT2D eigenvalue weighted by atomic mass is 10.1. The Bertz CT molecular complexity index is 620. The number of carbonyl (C=O) groups is 3. The van der Waals surface area contributed by atoms with E-state index in [9.17, 15) is 14.4 Å². The van der Waals surface area contributed by atoms with E-state index >= 15 is 0 Å². The Kier molecular flexibility index (Phi) is 5.76. The zero-order chi connectivity index (χ0) is 17.0. The van der Waals surface area contributed by atoms with Crippen LogP contribution in [0.3, 0.4) is 0 Å².